The van der Waals surface area contributed by atoms with Crippen molar-refractivity contribution in [3.63, 3.8) is 0 Å². The molecule has 1 aliphatic rings. The molecular weight excluding hydrogens is 297 g/mol. The predicted octanol–water partition coefficient (Wildman–Crippen LogP) is 3.49. The smallest absolute Gasteiger partial charge is 0.123 e. The van der Waals surface area contributed by atoms with Crippen molar-refractivity contribution in [2.45, 2.75) is 25.9 Å². The Morgan fingerprint density at radius 3 is 3.11 bits per heavy atom. The minimum Gasteiger partial charge on any atom is -0.377 e. The average Bonchev–Trinajstić information content (AvgIpc) is 2.40. The Kier molecular flexibility index (Phi) is 5.60. The minimum atomic E-state index is -0.215. The van der Waals surface area contributed by atoms with Crippen molar-refractivity contribution in [3.8, 4) is 0 Å². The first kappa shape index (κ1) is 14.0. The molecule has 1 fully saturated rings. The molecule has 1 heterocycles. The van der Waals surface area contributed by atoms with E-state index in [4.69, 9.17) is 4.74 Å². The molecule has 0 amide bonds. The largest absolute Gasteiger partial charge is 0.377 e. The Bertz CT molecular complexity index is 380. The predicted molar refractivity (Wildman–Crippen MR) is 74.0 cm³/mol. The van der Waals surface area contributed by atoms with Gasteiger partial charge in [0.25, 0.3) is 0 Å². The molecule has 0 spiro atoms. The standard InChI is InChI=1S/C14H19BrFNO/c15-14-4-3-13(16)8-12(14)10-18-7-5-11-2-1-6-17-9-11/h3-4,8,11,17H,1-2,5-7,9-10H2. The van der Waals surface area contributed by atoms with E-state index in [0.29, 0.717) is 6.61 Å². The van der Waals surface area contributed by atoms with Crippen LogP contribution in [0.4, 0.5) is 4.39 Å². The van der Waals surface area contributed by atoms with Gasteiger partial charge in [0, 0.05) is 11.1 Å². The van der Waals surface area contributed by atoms with E-state index in [9.17, 15) is 4.39 Å². The summed E-state index contributed by atoms with van der Waals surface area (Å²) in [6, 6.07) is 4.69. The van der Waals surface area contributed by atoms with Crippen molar-refractivity contribution < 1.29 is 9.13 Å². The van der Waals surface area contributed by atoms with Gasteiger partial charge in [-0.1, -0.05) is 15.9 Å². The van der Waals surface area contributed by atoms with Crippen LogP contribution in [0.15, 0.2) is 22.7 Å². The number of piperidine rings is 1. The van der Waals surface area contributed by atoms with Gasteiger partial charge in [-0.05, 0) is 62.0 Å². The van der Waals surface area contributed by atoms with Gasteiger partial charge in [-0.15, -0.1) is 0 Å². The summed E-state index contributed by atoms with van der Waals surface area (Å²) in [6.07, 6.45) is 3.64. The zero-order chi connectivity index (χ0) is 12.8. The molecule has 1 aromatic carbocycles. The zero-order valence-corrected chi connectivity index (χ0v) is 12.0. The van der Waals surface area contributed by atoms with Crippen molar-refractivity contribution in [3.05, 3.63) is 34.1 Å². The van der Waals surface area contributed by atoms with Crippen LogP contribution >= 0.6 is 15.9 Å². The molecule has 2 nitrogen and oxygen atoms in total. The van der Waals surface area contributed by atoms with Gasteiger partial charge in [-0.2, -0.15) is 0 Å². The lowest BCUT2D eigenvalue weighted by atomic mass is 9.97. The second kappa shape index (κ2) is 7.22. The molecule has 0 aromatic heterocycles. The first-order chi connectivity index (χ1) is 8.75. The number of rotatable bonds is 5. The Morgan fingerprint density at radius 1 is 1.44 bits per heavy atom. The first-order valence-corrected chi connectivity index (χ1v) is 7.27. The van der Waals surface area contributed by atoms with Gasteiger partial charge in [0.05, 0.1) is 6.61 Å². The minimum absolute atomic E-state index is 0.215. The molecule has 1 saturated heterocycles. The molecular formula is C14H19BrFNO. The average molecular weight is 316 g/mol. The zero-order valence-electron chi connectivity index (χ0n) is 10.4. The molecule has 1 aromatic rings. The van der Waals surface area contributed by atoms with E-state index in [0.717, 1.165) is 42.1 Å². The third kappa shape index (κ3) is 4.34. The second-order valence-corrected chi connectivity index (χ2v) is 5.64. The molecule has 1 aliphatic heterocycles. The number of nitrogens with one attached hydrogen (secondary N) is 1. The van der Waals surface area contributed by atoms with Gasteiger partial charge in [-0.25, -0.2) is 4.39 Å². The Hall–Kier alpha value is -0.450. The maximum atomic E-state index is 13.1. The number of ether oxygens (including phenoxy) is 1. The van der Waals surface area contributed by atoms with Gasteiger partial charge in [0.2, 0.25) is 0 Å². The number of halogens is 2. The Labute approximate surface area is 116 Å². The number of hydrogen-bond donors (Lipinski definition) is 1. The summed E-state index contributed by atoms with van der Waals surface area (Å²) in [6.45, 7) is 3.47. The SMILES string of the molecule is Fc1ccc(Br)c(COCCC2CCCNC2)c1. The lowest BCUT2D eigenvalue weighted by Gasteiger charge is -2.22. The van der Waals surface area contributed by atoms with Crippen molar-refractivity contribution >= 4 is 15.9 Å². The lowest BCUT2D eigenvalue weighted by Crippen LogP contribution is -2.30. The molecule has 0 bridgehead atoms. The van der Waals surface area contributed by atoms with Crippen LogP contribution in [-0.2, 0) is 11.3 Å². The fourth-order valence-electron chi connectivity index (χ4n) is 2.26. The summed E-state index contributed by atoms with van der Waals surface area (Å²) < 4.78 is 19.6. The fraction of sp³-hybridized carbons (Fsp3) is 0.571. The molecule has 1 N–H and O–H groups in total. The van der Waals surface area contributed by atoms with Crippen molar-refractivity contribution in [2.24, 2.45) is 5.92 Å². The van der Waals surface area contributed by atoms with Crippen LogP contribution in [0.5, 0.6) is 0 Å². The summed E-state index contributed by atoms with van der Waals surface area (Å²) in [5, 5.41) is 3.40. The highest BCUT2D eigenvalue weighted by Gasteiger charge is 2.12. The third-order valence-electron chi connectivity index (χ3n) is 3.33. The van der Waals surface area contributed by atoms with Crippen molar-refractivity contribution in [2.75, 3.05) is 19.7 Å². The van der Waals surface area contributed by atoms with Crippen LogP contribution in [0.25, 0.3) is 0 Å². The molecule has 18 heavy (non-hydrogen) atoms. The third-order valence-corrected chi connectivity index (χ3v) is 4.11. The molecule has 0 aliphatic carbocycles. The quantitative estimate of drug-likeness (QED) is 0.840. The highest BCUT2D eigenvalue weighted by Crippen LogP contribution is 2.19. The van der Waals surface area contributed by atoms with E-state index in [-0.39, 0.29) is 5.82 Å². The lowest BCUT2D eigenvalue weighted by molar-refractivity contribution is 0.103. The van der Waals surface area contributed by atoms with E-state index < -0.39 is 0 Å². The topological polar surface area (TPSA) is 21.3 Å². The summed E-state index contributed by atoms with van der Waals surface area (Å²) in [7, 11) is 0. The van der Waals surface area contributed by atoms with Gasteiger partial charge in [0.1, 0.15) is 5.82 Å². The van der Waals surface area contributed by atoms with Gasteiger partial charge in [0.15, 0.2) is 0 Å². The van der Waals surface area contributed by atoms with E-state index in [1.165, 1.54) is 25.0 Å². The molecule has 1 atom stereocenters. The molecule has 100 valence electrons. The normalized spacial score (nSPS) is 20.0. The van der Waals surface area contributed by atoms with Crippen LogP contribution in [-0.4, -0.2) is 19.7 Å². The van der Waals surface area contributed by atoms with E-state index in [1.807, 2.05) is 0 Å². The van der Waals surface area contributed by atoms with E-state index in [2.05, 4.69) is 21.2 Å². The van der Waals surface area contributed by atoms with Crippen LogP contribution < -0.4 is 5.32 Å². The summed E-state index contributed by atoms with van der Waals surface area (Å²) in [5.74, 6) is 0.517. The summed E-state index contributed by atoms with van der Waals surface area (Å²) >= 11 is 3.40. The monoisotopic (exact) mass is 315 g/mol. The van der Waals surface area contributed by atoms with Crippen molar-refractivity contribution in [1.29, 1.82) is 0 Å². The van der Waals surface area contributed by atoms with Gasteiger partial charge in [-0.3, -0.25) is 0 Å². The van der Waals surface area contributed by atoms with Crippen LogP contribution in [0.2, 0.25) is 0 Å². The Morgan fingerprint density at radius 2 is 2.33 bits per heavy atom. The van der Waals surface area contributed by atoms with Crippen molar-refractivity contribution in [1.82, 2.24) is 5.32 Å². The molecule has 1 unspecified atom stereocenters. The van der Waals surface area contributed by atoms with Gasteiger partial charge < -0.3 is 10.1 Å². The van der Waals surface area contributed by atoms with Crippen LogP contribution in [0, 0.1) is 11.7 Å². The fourth-order valence-corrected chi connectivity index (χ4v) is 2.62. The van der Waals surface area contributed by atoms with Crippen LogP contribution in [0.3, 0.4) is 0 Å². The molecule has 2 rings (SSSR count). The Balaban J connectivity index is 1.69. The summed E-state index contributed by atoms with van der Waals surface area (Å²) in [5.41, 5.74) is 0.872. The molecule has 4 heteroatoms. The number of hydrogen-bond acceptors (Lipinski definition) is 2. The number of benzene rings is 1. The first-order valence-electron chi connectivity index (χ1n) is 6.48. The molecule has 0 radical (unpaired) electrons. The van der Waals surface area contributed by atoms with E-state index in [1.54, 1.807) is 6.07 Å². The highest BCUT2D eigenvalue weighted by molar-refractivity contribution is 9.10. The maximum absolute atomic E-state index is 13.1. The molecule has 0 saturated carbocycles. The second-order valence-electron chi connectivity index (χ2n) is 4.79. The van der Waals surface area contributed by atoms with Gasteiger partial charge >= 0.3 is 0 Å². The highest BCUT2D eigenvalue weighted by atomic mass is 79.9. The van der Waals surface area contributed by atoms with Crippen LogP contribution in [0.1, 0.15) is 24.8 Å². The summed E-state index contributed by atoms with van der Waals surface area (Å²) in [4.78, 5) is 0. The maximum Gasteiger partial charge on any atom is 0.123 e. The van der Waals surface area contributed by atoms with E-state index >= 15 is 0 Å².